The molecule has 0 bridgehead atoms. The molecule has 25 heavy (non-hydrogen) atoms. The molecule has 2 aromatic heterocycles. The molecule has 2 amide bonds. The standard InChI is InChI=1S/C17H26N6O2/c1-13-9-18-23(10-13)15-5-4-7-21(11-15)17(24)19-16-6-8-22(20-16)14(2)12-25-3/h6,8-10,14-15H,4-5,7,11-12H2,1-3H3,(H,19,20,24)/t14-,15-/m0/s1. The average Bonchev–Trinajstić information content (AvgIpc) is 3.24. The van der Waals surface area contributed by atoms with Crippen molar-refractivity contribution in [2.45, 2.75) is 38.8 Å². The zero-order chi connectivity index (χ0) is 17.8. The Morgan fingerprint density at radius 2 is 2.36 bits per heavy atom. The number of aryl methyl sites for hydroxylation is 1. The zero-order valence-corrected chi connectivity index (χ0v) is 15.1. The van der Waals surface area contributed by atoms with Crippen LogP contribution in [0.25, 0.3) is 0 Å². The summed E-state index contributed by atoms with van der Waals surface area (Å²) in [6, 6.07) is 2.05. The number of amides is 2. The van der Waals surface area contributed by atoms with Gasteiger partial charge in [0.1, 0.15) is 0 Å². The number of anilines is 1. The summed E-state index contributed by atoms with van der Waals surface area (Å²) < 4.78 is 8.90. The van der Waals surface area contributed by atoms with E-state index in [4.69, 9.17) is 4.74 Å². The highest BCUT2D eigenvalue weighted by atomic mass is 16.5. The molecule has 0 aromatic carbocycles. The summed E-state index contributed by atoms with van der Waals surface area (Å²) in [7, 11) is 1.66. The van der Waals surface area contributed by atoms with Gasteiger partial charge in [-0.15, -0.1) is 0 Å². The second-order valence-corrected chi connectivity index (χ2v) is 6.66. The van der Waals surface area contributed by atoms with Gasteiger partial charge in [-0.3, -0.25) is 14.7 Å². The minimum Gasteiger partial charge on any atom is -0.382 e. The molecule has 2 aromatic rings. The van der Waals surface area contributed by atoms with E-state index in [0.29, 0.717) is 19.0 Å². The molecule has 3 rings (SSSR count). The summed E-state index contributed by atoms with van der Waals surface area (Å²) in [5, 5.41) is 11.7. The van der Waals surface area contributed by atoms with Crippen molar-refractivity contribution in [3.05, 3.63) is 30.2 Å². The molecule has 8 nitrogen and oxygen atoms in total. The molecule has 1 saturated heterocycles. The number of rotatable bonds is 5. The lowest BCUT2D eigenvalue weighted by molar-refractivity contribution is 0.157. The molecular formula is C17H26N6O2. The quantitative estimate of drug-likeness (QED) is 0.902. The second-order valence-electron chi connectivity index (χ2n) is 6.66. The molecule has 0 radical (unpaired) electrons. The summed E-state index contributed by atoms with van der Waals surface area (Å²) in [5.74, 6) is 0.560. The van der Waals surface area contributed by atoms with Gasteiger partial charge in [0.2, 0.25) is 0 Å². The fourth-order valence-corrected chi connectivity index (χ4v) is 3.14. The number of hydrogen-bond donors (Lipinski definition) is 1. The topological polar surface area (TPSA) is 77.2 Å². The number of carbonyl (C=O) groups is 1. The van der Waals surface area contributed by atoms with Crippen LogP contribution in [0.4, 0.5) is 10.6 Å². The lowest BCUT2D eigenvalue weighted by atomic mass is 10.1. The van der Waals surface area contributed by atoms with Crippen molar-refractivity contribution in [1.29, 1.82) is 0 Å². The normalized spacial score (nSPS) is 19.0. The number of methoxy groups -OCH3 is 1. The second kappa shape index (κ2) is 7.69. The monoisotopic (exact) mass is 346 g/mol. The molecule has 1 N–H and O–H groups in total. The van der Waals surface area contributed by atoms with Gasteiger partial charge in [0, 0.05) is 38.7 Å². The average molecular weight is 346 g/mol. The van der Waals surface area contributed by atoms with E-state index in [1.807, 2.05) is 48.1 Å². The number of ether oxygens (including phenoxy) is 1. The van der Waals surface area contributed by atoms with Crippen molar-refractivity contribution in [3.63, 3.8) is 0 Å². The van der Waals surface area contributed by atoms with E-state index in [1.165, 1.54) is 0 Å². The summed E-state index contributed by atoms with van der Waals surface area (Å²) in [4.78, 5) is 14.4. The van der Waals surface area contributed by atoms with Crippen LogP contribution < -0.4 is 5.32 Å². The first-order valence-corrected chi connectivity index (χ1v) is 8.67. The number of hydrogen-bond acceptors (Lipinski definition) is 4. The maximum atomic E-state index is 12.6. The number of piperidine rings is 1. The van der Waals surface area contributed by atoms with Gasteiger partial charge in [0.05, 0.1) is 24.9 Å². The molecule has 0 spiro atoms. The van der Waals surface area contributed by atoms with Gasteiger partial charge in [-0.1, -0.05) is 0 Å². The Kier molecular flexibility index (Phi) is 5.37. The molecule has 2 atom stereocenters. The molecule has 1 aliphatic heterocycles. The highest BCUT2D eigenvalue weighted by molar-refractivity contribution is 5.88. The number of carbonyl (C=O) groups excluding carboxylic acids is 1. The van der Waals surface area contributed by atoms with E-state index in [9.17, 15) is 4.79 Å². The molecule has 1 fully saturated rings. The van der Waals surface area contributed by atoms with Crippen molar-refractivity contribution >= 4 is 11.8 Å². The van der Waals surface area contributed by atoms with Gasteiger partial charge in [0.15, 0.2) is 5.82 Å². The maximum absolute atomic E-state index is 12.6. The zero-order valence-electron chi connectivity index (χ0n) is 15.1. The summed E-state index contributed by atoms with van der Waals surface area (Å²) in [5.41, 5.74) is 1.14. The third-order valence-corrected chi connectivity index (χ3v) is 4.49. The van der Waals surface area contributed by atoms with Crippen molar-refractivity contribution in [2.75, 3.05) is 32.1 Å². The minimum absolute atomic E-state index is 0.113. The van der Waals surface area contributed by atoms with Gasteiger partial charge in [-0.05, 0) is 32.3 Å². The van der Waals surface area contributed by atoms with E-state index in [1.54, 1.807) is 11.8 Å². The fraction of sp³-hybridized carbons (Fsp3) is 0.588. The first kappa shape index (κ1) is 17.5. The largest absolute Gasteiger partial charge is 0.382 e. The minimum atomic E-state index is -0.113. The number of urea groups is 1. The Balaban J connectivity index is 1.59. The predicted octanol–water partition coefficient (Wildman–Crippen LogP) is 2.46. The molecule has 0 aliphatic carbocycles. The van der Waals surface area contributed by atoms with Crippen molar-refractivity contribution in [1.82, 2.24) is 24.5 Å². The van der Waals surface area contributed by atoms with Crippen LogP contribution in [0.1, 0.15) is 37.4 Å². The molecule has 136 valence electrons. The highest BCUT2D eigenvalue weighted by Gasteiger charge is 2.25. The van der Waals surface area contributed by atoms with Crippen LogP contribution in [-0.2, 0) is 4.74 Å². The molecular weight excluding hydrogens is 320 g/mol. The molecule has 1 aliphatic rings. The Morgan fingerprint density at radius 1 is 1.52 bits per heavy atom. The number of nitrogens with one attached hydrogen (secondary N) is 1. The van der Waals surface area contributed by atoms with Crippen LogP contribution in [0.15, 0.2) is 24.7 Å². The number of likely N-dealkylation sites (tertiary alicyclic amines) is 1. The van der Waals surface area contributed by atoms with Crippen molar-refractivity contribution in [2.24, 2.45) is 0 Å². The van der Waals surface area contributed by atoms with Gasteiger partial charge in [-0.2, -0.15) is 10.2 Å². The van der Waals surface area contributed by atoms with E-state index in [2.05, 4.69) is 15.5 Å². The van der Waals surface area contributed by atoms with Crippen LogP contribution in [0.5, 0.6) is 0 Å². The fourth-order valence-electron chi connectivity index (χ4n) is 3.14. The molecule has 8 heteroatoms. The maximum Gasteiger partial charge on any atom is 0.323 e. The third kappa shape index (κ3) is 4.19. The molecule has 3 heterocycles. The molecule has 0 saturated carbocycles. The lowest BCUT2D eigenvalue weighted by Gasteiger charge is -2.32. The van der Waals surface area contributed by atoms with Crippen LogP contribution >= 0.6 is 0 Å². The van der Waals surface area contributed by atoms with Gasteiger partial charge < -0.3 is 9.64 Å². The summed E-state index contributed by atoms with van der Waals surface area (Å²) in [6.45, 7) is 6.03. The lowest BCUT2D eigenvalue weighted by Crippen LogP contribution is -2.43. The van der Waals surface area contributed by atoms with Gasteiger partial charge in [-0.25, -0.2) is 4.79 Å². The SMILES string of the molecule is COC[C@H](C)n1ccc(NC(=O)N2CCC[C@H](n3cc(C)cn3)C2)n1. The van der Waals surface area contributed by atoms with Crippen molar-refractivity contribution in [3.8, 4) is 0 Å². The van der Waals surface area contributed by atoms with Crippen molar-refractivity contribution < 1.29 is 9.53 Å². The Labute approximate surface area is 147 Å². The van der Waals surface area contributed by atoms with Crippen LogP contribution in [0.2, 0.25) is 0 Å². The Morgan fingerprint density at radius 3 is 3.08 bits per heavy atom. The van der Waals surface area contributed by atoms with E-state index in [-0.39, 0.29) is 18.1 Å². The first-order valence-electron chi connectivity index (χ1n) is 8.67. The van der Waals surface area contributed by atoms with E-state index < -0.39 is 0 Å². The van der Waals surface area contributed by atoms with E-state index in [0.717, 1.165) is 24.9 Å². The predicted molar refractivity (Wildman–Crippen MR) is 94.6 cm³/mol. The highest BCUT2D eigenvalue weighted by Crippen LogP contribution is 2.22. The molecule has 0 unspecified atom stereocenters. The number of aromatic nitrogens is 4. The van der Waals surface area contributed by atoms with E-state index >= 15 is 0 Å². The van der Waals surface area contributed by atoms with Crippen LogP contribution in [-0.4, -0.2) is 57.3 Å². The van der Waals surface area contributed by atoms with Gasteiger partial charge >= 0.3 is 6.03 Å². The van der Waals surface area contributed by atoms with Crippen LogP contribution in [0, 0.1) is 6.92 Å². The Bertz CT molecular complexity index is 710. The summed E-state index contributed by atoms with van der Waals surface area (Å²) in [6.07, 6.45) is 7.74. The first-order chi connectivity index (χ1) is 12.1. The van der Waals surface area contributed by atoms with Gasteiger partial charge in [0.25, 0.3) is 0 Å². The van der Waals surface area contributed by atoms with Crippen LogP contribution in [0.3, 0.4) is 0 Å². The number of nitrogens with zero attached hydrogens (tertiary/aromatic N) is 5. The smallest absolute Gasteiger partial charge is 0.323 e. The Hall–Kier alpha value is -2.35. The third-order valence-electron chi connectivity index (χ3n) is 4.49. The summed E-state index contributed by atoms with van der Waals surface area (Å²) >= 11 is 0.